The zero-order valence-electron chi connectivity index (χ0n) is 12.3. The molecule has 114 valence electrons. The summed E-state index contributed by atoms with van der Waals surface area (Å²) in [5.74, 6) is 0.427. The van der Waals surface area contributed by atoms with Gasteiger partial charge in [0.2, 0.25) is 0 Å². The number of amides is 1. The third-order valence-electron chi connectivity index (χ3n) is 2.84. The van der Waals surface area contributed by atoms with Crippen molar-refractivity contribution < 1.29 is 9.53 Å². The maximum absolute atomic E-state index is 11.9. The average Bonchev–Trinajstić information content (AvgIpc) is 2.54. The van der Waals surface area contributed by atoms with Crippen molar-refractivity contribution in [2.24, 2.45) is 5.10 Å². The molecule has 0 unspecified atom stereocenters. The summed E-state index contributed by atoms with van der Waals surface area (Å²) in [7, 11) is 0. The Balaban J connectivity index is 2.02. The molecule has 0 heterocycles. The maximum atomic E-state index is 11.9. The van der Waals surface area contributed by atoms with Crippen LogP contribution in [-0.4, -0.2) is 18.7 Å². The van der Waals surface area contributed by atoms with Crippen LogP contribution in [0.4, 0.5) is 0 Å². The van der Waals surface area contributed by atoms with Crippen molar-refractivity contribution in [2.75, 3.05) is 6.61 Å². The highest BCUT2D eigenvalue weighted by molar-refractivity contribution is 6.30. The lowest BCUT2D eigenvalue weighted by Gasteiger charge is -2.07. The highest BCUT2D eigenvalue weighted by atomic mass is 35.5. The first-order valence-corrected chi connectivity index (χ1v) is 7.39. The molecule has 2 rings (SSSR count). The topological polar surface area (TPSA) is 50.7 Å². The smallest absolute Gasteiger partial charge is 0.271 e. The van der Waals surface area contributed by atoms with Crippen molar-refractivity contribution in [3.63, 3.8) is 0 Å². The molecule has 5 heteroatoms. The van der Waals surface area contributed by atoms with Crippen molar-refractivity contribution in [1.82, 2.24) is 5.43 Å². The fraction of sp³-hybridized carbons (Fsp3) is 0.176. The van der Waals surface area contributed by atoms with Crippen LogP contribution in [0.5, 0.6) is 5.75 Å². The molecule has 0 atom stereocenters. The maximum Gasteiger partial charge on any atom is 0.271 e. The summed E-state index contributed by atoms with van der Waals surface area (Å²) >= 11 is 5.85. The molecule has 0 aliphatic carbocycles. The van der Waals surface area contributed by atoms with E-state index in [1.807, 2.05) is 31.2 Å². The van der Waals surface area contributed by atoms with E-state index in [4.69, 9.17) is 16.3 Å². The number of ether oxygens (including phenoxy) is 1. The van der Waals surface area contributed by atoms with E-state index in [1.165, 1.54) is 0 Å². The standard InChI is InChI=1S/C17H17ClN2O2/c1-2-10-22-16-9-4-3-6-14(16)12-19-20-17(21)13-7-5-8-15(18)11-13/h3-9,11-12H,2,10H2,1H3,(H,20,21)/b19-12-. The van der Waals surface area contributed by atoms with Crippen LogP contribution in [-0.2, 0) is 0 Å². The van der Waals surface area contributed by atoms with Gasteiger partial charge in [-0.2, -0.15) is 5.10 Å². The molecule has 1 N–H and O–H groups in total. The molecule has 2 aromatic rings. The zero-order chi connectivity index (χ0) is 15.8. The fourth-order valence-electron chi connectivity index (χ4n) is 1.79. The number of carbonyl (C=O) groups is 1. The summed E-state index contributed by atoms with van der Waals surface area (Å²) in [5, 5.41) is 4.48. The molecule has 0 aliphatic rings. The molecular weight excluding hydrogens is 300 g/mol. The first-order chi connectivity index (χ1) is 10.7. The lowest BCUT2D eigenvalue weighted by Crippen LogP contribution is -2.17. The average molecular weight is 317 g/mol. The Labute approximate surface area is 134 Å². The number of hydrazone groups is 1. The largest absolute Gasteiger partial charge is 0.493 e. The molecule has 2 aromatic carbocycles. The van der Waals surface area contributed by atoms with Crippen LogP contribution < -0.4 is 10.2 Å². The Hall–Kier alpha value is -2.33. The number of hydrogen-bond donors (Lipinski definition) is 1. The van der Waals surface area contributed by atoms with Gasteiger partial charge in [-0.25, -0.2) is 5.43 Å². The molecule has 1 amide bonds. The lowest BCUT2D eigenvalue weighted by atomic mass is 10.2. The van der Waals surface area contributed by atoms with E-state index in [-0.39, 0.29) is 5.91 Å². The van der Waals surface area contributed by atoms with Crippen LogP contribution in [0.25, 0.3) is 0 Å². The van der Waals surface area contributed by atoms with Crippen LogP contribution in [0.1, 0.15) is 29.3 Å². The lowest BCUT2D eigenvalue weighted by molar-refractivity contribution is 0.0955. The molecule has 0 radical (unpaired) electrons. The zero-order valence-corrected chi connectivity index (χ0v) is 13.0. The fourth-order valence-corrected chi connectivity index (χ4v) is 1.98. The second-order valence-corrected chi connectivity index (χ2v) is 5.03. The number of rotatable bonds is 6. The molecule has 22 heavy (non-hydrogen) atoms. The Bertz CT molecular complexity index is 671. The molecule has 0 spiro atoms. The summed E-state index contributed by atoms with van der Waals surface area (Å²) < 4.78 is 5.62. The number of para-hydroxylation sites is 1. The van der Waals surface area contributed by atoms with Gasteiger partial charge >= 0.3 is 0 Å². The van der Waals surface area contributed by atoms with Gasteiger partial charge in [0.05, 0.1) is 12.8 Å². The first kappa shape index (κ1) is 16.0. The van der Waals surface area contributed by atoms with E-state index in [9.17, 15) is 4.79 Å². The molecule has 4 nitrogen and oxygen atoms in total. The summed E-state index contributed by atoms with van der Waals surface area (Å²) in [6.45, 7) is 2.68. The second-order valence-electron chi connectivity index (χ2n) is 4.60. The Morgan fingerprint density at radius 2 is 2.09 bits per heavy atom. The number of carbonyl (C=O) groups excluding carboxylic acids is 1. The Morgan fingerprint density at radius 3 is 2.86 bits per heavy atom. The molecule has 0 aliphatic heterocycles. The van der Waals surface area contributed by atoms with Crippen LogP contribution in [0.2, 0.25) is 5.02 Å². The SMILES string of the molecule is CCCOc1ccccc1/C=N\NC(=O)c1cccc(Cl)c1. The van der Waals surface area contributed by atoms with Gasteiger partial charge in [-0.05, 0) is 36.8 Å². The van der Waals surface area contributed by atoms with E-state index in [0.717, 1.165) is 17.7 Å². The highest BCUT2D eigenvalue weighted by Gasteiger charge is 2.04. The van der Waals surface area contributed by atoms with Crippen molar-refractivity contribution in [2.45, 2.75) is 13.3 Å². The molecule has 0 aromatic heterocycles. The number of benzene rings is 2. The minimum atomic E-state index is -0.314. The van der Waals surface area contributed by atoms with Gasteiger partial charge < -0.3 is 4.74 Å². The van der Waals surface area contributed by atoms with Crippen LogP contribution in [0, 0.1) is 0 Å². The molecular formula is C17H17ClN2O2. The van der Waals surface area contributed by atoms with Gasteiger partial charge in [-0.1, -0.05) is 36.7 Å². The van der Waals surface area contributed by atoms with Gasteiger partial charge in [0, 0.05) is 16.1 Å². The summed E-state index contributed by atoms with van der Waals surface area (Å²) in [4.78, 5) is 11.9. The van der Waals surface area contributed by atoms with Gasteiger partial charge in [0.25, 0.3) is 5.91 Å². The van der Waals surface area contributed by atoms with E-state index in [2.05, 4.69) is 10.5 Å². The highest BCUT2D eigenvalue weighted by Crippen LogP contribution is 2.16. The number of hydrogen-bond acceptors (Lipinski definition) is 3. The molecule has 0 saturated heterocycles. The van der Waals surface area contributed by atoms with Gasteiger partial charge in [-0.15, -0.1) is 0 Å². The van der Waals surface area contributed by atoms with E-state index < -0.39 is 0 Å². The molecule has 0 fully saturated rings. The van der Waals surface area contributed by atoms with Gasteiger partial charge in [0.1, 0.15) is 5.75 Å². The summed E-state index contributed by atoms with van der Waals surface area (Å²) in [6.07, 6.45) is 2.49. The van der Waals surface area contributed by atoms with Crippen LogP contribution >= 0.6 is 11.6 Å². The van der Waals surface area contributed by atoms with E-state index in [0.29, 0.717) is 17.2 Å². The summed E-state index contributed by atoms with van der Waals surface area (Å²) in [5.41, 5.74) is 3.74. The Kier molecular flexibility index (Phi) is 5.98. The van der Waals surface area contributed by atoms with Crippen LogP contribution in [0.15, 0.2) is 53.6 Å². The minimum Gasteiger partial charge on any atom is -0.493 e. The Morgan fingerprint density at radius 1 is 1.27 bits per heavy atom. The van der Waals surface area contributed by atoms with Gasteiger partial charge in [-0.3, -0.25) is 4.79 Å². The number of nitrogens with one attached hydrogen (secondary N) is 1. The van der Waals surface area contributed by atoms with Crippen molar-refractivity contribution in [3.8, 4) is 5.75 Å². The first-order valence-electron chi connectivity index (χ1n) is 7.01. The van der Waals surface area contributed by atoms with E-state index >= 15 is 0 Å². The summed E-state index contributed by atoms with van der Waals surface area (Å²) in [6, 6.07) is 14.2. The monoisotopic (exact) mass is 316 g/mol. The second kappa shape index (κ2) is 8.20. The predicted octanol–water partition coefficient (Wildman–Crippen LogP) is 3.89. The van der Waals surface area contributed by atoms with Crippen LogP contribution in [0.3, 0.4) is 0 Å². The van der Waals surface area contributed by atoms with Crippen molar-refractivity contribution in [3.05, 3.63) is 64.7 Å². The molecule has 0 bridgehead atoms. The third kappa shape index (κ3) is 4.60. The normalized spacial score (nSPS) is 10.6. The van der Waals surface area contributed by atoms with E-state index in [1.54, 1.807) is 30.5 Å². The predicted molar refractivity (Wildman–Crippen MR) is 88.7 cm³/mol. The third-order valence-corrected chi connectivity index (χ3v) is 3.07. The number of halogens is 1. The quantitative estimate of drug-likeness (QED) is 0.649. The van der Waals surface area contributed by atoms with Gasteiger partial charge in [0.15, 0.2) is 0 Å². The minimum absolute atomic E-state index is 0.314. The number of nitrogens with zero attached hydrogens (tertiary/aromatic N) is 1. The van der Waals surface area contributed by atoms with Crippen molar-refractivity contribution in [1.29, 1.82) is 0 Å². The molecule has 0 saturated carbocycles. The van der Waals surface area contributed by atoms with Crippen molar-refractivity contribution >= 4 is 23.7 Å².